The first-order valence-electron chi connectivity index (χ1n) is 7.98. The van der Waals surface area contributed by atoms with E-state index >= 15 is 0 Å². The van der Waals surface area contributed by atoms with E-state index in [0.29, 0.717) is 18.4 Å². The summed E-state index contributed by atoms with van der Waals surface area (Å²) in [5.41, 5.74) is 5.20. The molecule has 1 aliphatic carbocycles. The summed E-state index contributed by atoms with van der Waals surface area (Å²) >= 11 is 0. The van der Waals surface area contributed by atoms with Gasteiger partial charge in [0.25, 0.3) is 0 Å². The van der Waals surface area contributed by atoms with E-state index < -0.39 is 5.54 Å². The van der Waals surface area contributed by atoms with Crippen molar-refractivity contribution in [3.63, 3.8) is 0 Å². The van der Waals surface area contributed by atoms with Crippen LogP contribution in [0.3, 0.4) is 0 Å². The second kappa shape index (κ2) is 7.99. The number of nitrogens with zero attached hydrogens (tertiary/aromatic N) is 1. The van der Waals surface area contributed by atoms with Crippen LogP contribution in [0.4, 0.5) is 0 Å². The zero-order valence-electron chi connectivity index (χ0n) is 13.7. The third kappa shape index (κ3) is 5.41. The molecule has 1 atom stereocenters. The molecule has 2 N–H and O–H groups in total. The van der Waals surface area contributed by atoms with E-state index in [-0.39, 0.29) is 5.97 Å². The Morgan fingerprint density at radius 3 is 2.45 bits per heavy atom. The predicted octanol–water partition coefficient (Wildman–Crippen LogP) is 2.56. The van der Waals surface area contributed by atoms with Crippen LogP contribution in [0.1, 0.15) is 59.3 Å². The molecule has 0 aromatic carbocycles. The molecule has 0 aliphatic heterocycles. The lowest BCUT2D eigenvalue weighted by Crippen LogP contribution is -2.49. The van der Waals surface area contributed by atoms with Crippen LogP contribution in [-0.2, 0) is 9.53 Å². The van der Waals surface area contributed by atoms with E-state index in [2.05, 4.69) is 18.7 Å². The number of carbonyl (C=O) groups is 1. The molecule has 20 heavy (non-hydrogen) atoms. The lowest BCUT2D eigenvalue weighted by molar-refractivity contribution is -0.146. The van der Waals surface area contributed by atoms with Crippen molar-refractivity contribution >= 4 is 5.97 Å². The van der Waals surface area contributed by atoms with E-state index in [1.807, 2.05) is 0 Å². The van der Waals surface area contributed by atoms with Gasteiger partial charge in [-0.05, 0) is 45.1 Å². The number of methoxy groups -OCH3 is 1. The summed E-state index contributed by atoms with van der Waals surface area (Å²) in [4.78, 5) is 14.2. The van der Waals surface area contributed by atoms with Gasteiger partial charge in [0.05, 0.1) is 7.11 Å². The van der Waals surface area contributed by atoms with E-state index in [9.17, 15) is 4.79 Å². The van der Waals surface area contributed by atoms with Gasteiger partial charge in [-0.15, -0.1) is 0 Å². The van der Waals surface area contributed by atoms with Crippen molar-refractivity contribution < 1.29 is 9.53 Å². The highest BCUT2D eigenvalue weighted by molar-refractivity contribution is 5.79. The van der Waals surface area contributed by atoms with Gasteiger partial charge in [0.2, 0.25) is 0 Å². The first-order valence-corrected chi connectivity index (χ1v) is 7.98. The smallest absolute Gasteiger partial charge is 0.325 e. The molecule has 0 bridgehead atoms. The second-order valence-electron chi connectivity index (χ2n) is 6.82. The van der Waals surface area contributed by atoms with Gasteiger partial charge in [-0.1, -0.05) is 26.7 Å². The fourth-order valence-electron chi connectivity index (χ4n) is 2.88. The number of hydrogen-bond donors (Lipinski definition) is 1. The lowest BCUT2D eigenvalue weighted by atomic mass is 9.98. The summed E-state index contributed by atoms with van der Waals surface area (Å²) < 4.78 is 4.79. The minimum Gasteiger partial charge on any atom is -0.468 e. The number of esters is 1. The minimum atomic E-state index is -0.872. The monoisotopic (exact) mass is 284 g/mol. The van der Waals surface area contributed by atoms with Crippen LogP contribution in [0.2, 0.25) is 0 Å². The largest absolute Gasteiger partial charge is 0.468 e. The Morgan fingerprint density at radius 1 is 1.35 bits per heavy atom. The zero-order valence-corrected chi connectivity index (χ0v) is 13.7. The summed E-state index contributed by atoms with van der Waals surface area (Å²) in [6, 6.07) is 0.683. The molecule has 0 aromatic heterocycles. The van der Waals surface area contributed by atoms with Crippen LogP contribution in [-0.4, -0.2) is 42.6 Å². The number of carbonyl (C=O) groups excluding carboxylic acids is 1. The van der Waals surface area contributed by atoms with Crippen molar-refractivity contribution in [3.05, 3.63) is 0 Å². The molecule has 1 rings (SSSR count). The van der Waals surface area contributed by atoms with Gasteiger partial charge >= 0.3 is 5.97 Å². The molecule has 0 spiro atoms. The Bertz CT molecular complexity index is 297. The maximum atomic E-state index is 11.7. The lowest BCUT2D eigenvalue weighted by Gasteiger charge is -2.32. The van der Waals surface area contributed by atoms with Crippen LogP contribution in [0, 0.1) is 5.92 Å². The number of ether oxygens (including phenoxy) is 1. The average Bonchev–Trinajstić information content (AvgIpc) is 2.91. The van der Waals surface area contributed by atoms with Crippen molar-refractivity contribution in [2.24, 2.45) is 11.7 Å². The quantitative estimate of drug-likeness (QED) is 0.696. The van der Waals surface area contributed by atoms with Crippen molar-refractivity contribution in [3.8, 4) is 0 Å². The zero-order chi connectivity index (χ0) is 15.2. The van der Waals surface area contributed by atoms with Crippen molar-refractivity contribution in [1.82, 2.24) is 4.90 Å². The van der Waals surface area contributed by atoms with Gasteiger partial charge in [0.1, 0.15) is 5.54 Å². The molecule has 4 nitrogen and oxygen atoms in total. The Hall–Kier alpha value is -0.610. The van der Waals surface area contributed by atoms with Crippen molar-refractivity contribution in [2.75, 3.05) is 20.2 Å². The van der Waals surface area contributed by atoms with Crippen molar-refractivity contribution in [1.29, 1.82) is 0 Å². The minimum absolute atomic E-state index is 0.312. The predicted molar refractivity (Wildman–Crippen MR) is 82.5 cm³/mol. The summed E-state index contributed by atoms with van der Waals surface area (Å²) in [7, 11) is 1.40. The third-order valence-electron chi connectivity index (χ3n) is 4.40. The fourth-order valence-corrected chi connectivity index (χ4v) is 2.88. The highest BCUT2D eigenvalue weighted by atomic mass is 16.5. The van der Waals surface area contributed by atoms with Crippen LogP contribution in [0.15, 0.2) is 0 Å². The molecule has 0 amide bonds. The van der Waals surface area contributed by atoms with E-state index in [1.54, 1.807) is 6.92 Å². The summed E-state index contributed by atoms with van der Waals surface area (Å²) in [6.45, 7) is 8.29. The summed E-state index contributed by atoms with van der Waals surface area (Å²) in [5, 5.41) is 0. The molecule has 1 unspecified atom stereocenters. The highest BCUT2D eigenvalue weighted by Gasteiger charge is 2.31. The second-order valence-corrected chi connectivity index (χ2v) is 6.82. The fraction of sp³-hybridized carbons (Fsp3) is 0.938. The molecule has 0 aromatic rings. The maximum absolute atomic E-state index is 11.7. The Morgan fingerprint density at radius 2 is 1.95 bits per heavy atom. The molecular formula is C16H32N2O2. The summed E-state index contributed by atoms with van der Waals surface area (Å²) in [5.74, 6) is 0.400. The van der Waals surface area contributed by atoms with E-state index in [4.69, 9.17) is 10.5 Å². The van der Waals surface area contributed by atoms with Gasteiger partial charge in [-0.2, -0.15) is 0 Å². The van der Waals surface area contributed by atoms with Gasteiger partial charge in [-0.3, -0.25) is 4.79 Å². The van der Waals surface area contributed by atoms with Crippen LogP contribution in [0.25, 0.3) is 0 Å². The van der Waals surface area contributed by atoms with Gasteiger partial charge < -0.3 is 15.4 Å². The molecule has 0 heterocycles. The standard InChI is InChI=1S/C16H32N2O2/c1-13(2)9-11-18(14-7-5-6-8-14)12-10-16(3,17)15(19)20-4/h13-14H,5-12,17H2,1-4H3. The van der Waals surface area contributed by atoms with Crippen LogP contribution < -0.4 is 5.73 Å². The Kier molecular flexibility index (Phi) is 6.96. The molecule has 1 saturated carbocycles. The molecular weight excluding hydrogens is 252 g/mol. The molecule has 1 aliphatic rings. The summed E-state index contributed by atoms with van der Waals surface area (Å²) in [6.07, 6.45) is 7.11. The molecule has 118 valence electrons. The molecule has 0 radical (unpaired) electrons. The average molecular weight is 284 g/mol. The van der Waals surface area contributed by atoms with Gasteiger partial charge in [0, 0.05) is 12.6 Å². The van der Waals surface area contributed by atoms with E-state index in [0.717, 1.165) is 13.1 Å². The first kappa shape index (κ1) is 17.4. The van der Waals surface area contributed by atoms with Crippen LogP contribution >= 0.6 is 0 Å². The highest BCUT2D eigenvalue weighted by Crippen LogP contribution is 2.25. The number of rotatable bonds is 8. The maximum Gasteiger partial charge on any atom is 0.325 e. The molecule has 0 saturated heterocycles. The molecule has 1 fully saturated rings. The first-order chi connectivity index (χ1) is 9.36. The Balaban J connectivity index is 2.53. The SMILES string of the molecule is COC(=O)C(C)(N)CCN(CCC(C)C)C1CCCC1. The normalized spacial score (nSPS) is 19.6. The van der Waals surface area contributed by atoms with Crippen LogP contribution in [0.5, 0.6) is 0 Å². The number of nitrogens with two attached hydrogens (primary N) is 1. The Labute approximate surface area is 124 Å². The van der Waals surface area contributed by atoms with Crippen molar-refractivity contribution in [2.45, 2.75) is 70.9 Å². The van der Waals surface area contributed by atoms with Gasteiger partial charge in [-0.25, -0.2) is 0 Å². The topological polar surface area (TPSA) is 55.6 Å². The third-order valence-corrected chi connectivity index (χ3v) is 4.40. The number of hydrogen-bond acceptors (Lipinski definition) is 4. The molecule has 4 heteroatoms. The van der Waals surface area contributed by atoms with E-state index in [1.165, 1.54) is 39.2 Å². The van der Waals surface area contributed by atoms with Gasteiger partial charge in [0.15, 0.2) is 0 Å².